The second-order valence-corrected chi connectivity index (χ2v) is 2.81. The van der Waals surface area contributed by atoms with E-state index in [1.807, 2.05) is 0 Å². The highest BCUT2D eigenvalue weighted by Crippen LogP contribution is 2.17. The van der Waals surface area contributed by atoms with Crippen LogP contribution in [-0.4, -0.2) is 5.78 Å². The van der Waals surface area contributed by atoms with E-state index in [2.05, 4.69) is 12.6 Å². The highest BCUT2D eigenvalue weighted by molar-refractivity contribution is 7.80. The number of carbonyl (C=O) groups is 1. The Morgan fingerprint density at radius 2 is 2.18 bits per heavy atom. The summed E-state index contributed by atoms with van der Waals surface area (Å²) in [5.74, 6) is 0.0185. The molecule has 0 bridgehead atoms. The average Bonchev–Trinajstić information content (AvgIpc) is 1.94. The van der Waals surface area contributed by atoms with Crippen molar-refractivity contribution in [3.8, 4) is 0 Å². The highest BCUT2D eigenvalue weighted by Gasteiger charge is 2.00. The van der Waals surface area contributed by atoms with Crippen molar-refractivity contribution in [2.45, 2.75) is 11.8 Å². The van der Waals surface area contributed by atoms with Gasteiger partial charge in [0, 0.05) is 16.1 Å². The van der Waals surface area contributed by atoms with Gasteiger partial charge in [-0.3, -0.25) is 4.79 Å². The van der Waals surface area contributed by atoms with Crippen LogP contribution < -0.4 is 5.73 Å². The largest absolute Gasteiger partial charge is 0.398 e. The van der Waals surface area contributed by atoms with E-state index in [1.165, 1.54) is 6.92 Å². The standard InChI is InChI=1S/C8H9NOS/c1-5(10)6-2-3-8(11)7(9)4-6/h2-4,11H,9H2,1H3. The van der Waals surface area contributed by atoms with Crippen LogP contribution in [0.25, 0.3) is 0 Å². The van der Waals surface area contributed by atoms with Gasteiger partial charge in [-0.15, -0.1) is 12.6 Å². The molecule has 0 unspecified atom stereocenters. The summed E-state index contributed by atoms with van der Waals surface area (Å²) in [6.45, 7) is 1.51. The van der Waals surface area contributed by atoms with Crippen molar-refractivity contribution in [1.82, 2.24) is 0 Å². The van der Waals surface area contributed by atoms with Gasteiger partial charge < -0.3 is 5.73 Å². The fraction of sp³-hybridized carbons (Fsp3) is 0.125. The topological polar surface area (TPSA) is 43.1 Å². The smallest absolute Gasteiger partial charge is 0.159 e. The molecule has 2 N–H and O–H groups in total. The van der Waals surface area contributed by atoms with E-state index in [1.54, 1.807) is 18.2 Å². The normalized spacial score (nSPS) is 9.64. The van der Waals surface area contributed by atoms with Crippen LogP contribution in [0.4, 0.5) is 5.69 Å². The Bertz CT molecular complexity index is 296. The van der Waals surface area contributed by atoms with Crippen molar-refractivity contribution < 1.29 is 4.79 Å². The minimum atomic E-state index is 0.0185. The molecule has 0 aromatic heterocycles. The first-order valence-electron chi connectivity index (χ1n) is 3.20. The minimum Gasteiger partial charge on any atom is -0.398 e. The summed E-state index contributed by atoms with van der Waals surface area (Å²) in [4.78, 5) is 11.5. The lowest BCUT2D eigenvalue weighted by molar-refractivity contribution is 0.101. The van der Waals surface area contributed by atoms with Gasteiger partial charge in [0.25, 0.3) is 0 Å². The number of benzene rings is 1. The van der Waals surface area contributed by atoms with Crippen LogP contribution in [0.3, 0.4) is 0 Å². The molecule has 0 fully saturated rings. The van der Waals surface area contributed by atoms with E-state index in [0.717, 1.165) is 0 Å². The highest BCUT2D eigenvalue weighted by atomic mass is 32.1. The van der Waals surface area contributed by atoms with E-state index < -0.39 is 0 Å². The number of hydrogen-bond donors (Lipinski definition) is 2. The molecule has 1 rings (SSSR count). The van der Waals surface area contributed by atoms with E-state index in [9.17, 15) is 4.79 Å². The second-order valence-electron chi connectivity index (χ2n) is 2.33. The van der Waals surface area contributed by atoms with Gasteiger partial charge in [-0.2, -0.15) is 0 Å². The van der Waals surface area contributed by atoms with Gasteiger partial charge in [0.05, 0.1) is 0 Å². The lowest BCUT2D eigenvalue weighted by Crippen LogP contribution is -1.94. The third-order valence-corrected chi connectivity index (χ3v) is 1.84. The van der Waals surface area contributed by atoms with Crippen LogP contribution in [0.2, 0.25) is 0 Å². The number of nitrogens with two attached hydrogens (primary N) is 1. The fourth-order valence-electron chi connectivity index (χ4n) is 0.774. The number of thiol groups is 1. The third kappa shape index (κ3) is 1.74. The van der Waals surface area contributed by atoms with Crippen molar-refractivity contribution in [2.75, 3.05) is 5.73 Å². The predicted molar refractivity (Wildman–Crippen MR) is 48.1 cm³/mol. The number of carbonyl (C=O) groups excluding carboxylic acids is 1. The van der Waals surface area contributed by atoms with Gasteiger partial charge in [0.2, 0.25) is 0 Å². The maximum atomic E-state index is 10.8. The van der Waals surface area contributed by atoms with Gasteiger partial charge in [-0.1, -0.05) is 6.07 Å². The Morgan fingerprint density at radius 3 is 2.64 bits per heavy atom. The number of anilines is 1. The molecule has 1 aromatic carbocycles. The molecule has 0 heterocycles. The Labute approximate surface area is 70.8 Å². The first-order chi connectivity index (χ1) is 5.11. The van der Waals surface area contributed by atoms with E-state index in [4.69, 9.17) is 5.73 Å². The monoisotopic (exact) mass is 167 g/mol. The van der Waals surface area contributed by atoms with Crippen LogP contribution in [0.5, 0.6) is 0 Å². The van der Waals surface area contributed by atoms with Gasteiger partial charge in [-0.25, -0.2) is 0 Å². The molecule has 2 nitrogen and oxygen atoms in total. The SMILES string of the molecule is CC(=O)c1ccc(S)c(N)c1. The number of hydrogen-bond acceptors (Lipinski definition) is 3. The Hall–Kier alpha value is -0.960. The summed E-state index contributed by atoms with van der Waals surface area (Å²) in [7, 11) is 0. The molecule has 0 radical (unpaired) electrons. The van der Waals surface area contributed by atoms with Gasteiger partial charge in [0.15, 0.2) is 5.78 Å². The molecule has 0 atom stereocenters. The molecule has 0 aliphatic heterocycles. The minimum absolute atomic E-state index is 0.0185. The lowest BCUT2D eigenvalue weighted by atomic mass is 10.1. The lowest BCUT2D eigenvalue weighted by Gasteiger charge is -1.99. The van der Waals surface area contributed by atoms with Crippen molar-refractivity contribution in [2.24, 2.45) is 0 Å². The van der Waals surface area contributed by atoms with Crippen LogP contribution >= 0.6 is 12.6 Å². The zero-order valence-electron chi connectivity index (χ0n) is 6.16. The van der Waals surface area contributed by atoms with Crippen molar-refractivity contribution in [3.63, 3.8) is 0 Å². The van der Waals surface area contributed by atoms with E-state index in [0.29, 0.717) is 16.1 Å². The summed E-state index contributed by atoms with van der Waals surface area (Å²) in [5.41, 5.74) is 6.70. The van der Waals surface area contributed by atoms with Gasteiger partial charge >= 0.3 is 0 Å². The molecule has 0 saturated heterocycles. The first-order valence-corrected chi connectivity index (χ1v) is 3.65. The molecule has 0 amide bonds. The van der Waals surface area contributed by atoms with Gasteiger partial charge in [-0.05, 0) is 19.1 Å². The maximum Gasteiger partial charge on any atom is 0.159 e. The zero-order chi connectivity index (χ0) is 8.43. The predicted octanol–water partition coefficient (Wildman–Crippen LogP) is 1.76. The number of nitrogen functional groups attached to an aromatic ring is 1. The Morgan fingerprint density at radius 1 is 1.55 bits per heavy atom. The zero-order valence-corrected chi connectivity index (χ0v) is 7.06. The van der Waals surface area contributed by atoms with Gasteiger partial charge in [0.1, 0.15) is 0 Å². The average molecular weight is 167 g/mol. The second kappa shape index (κ2) is 2.96. The number of rotatable bonds is 1. The van der Waals surface area contributed by atoms with Crippen molar-refractivity contribution >= 4 is 24.1 Å². The molecule has 0 aliphatic rings. The summed E-state index contributed by atoms with van der Waals surface area (Å²) in [6.07, 6.45) is 0. The molecule has 0 spiro atoms. The summed E-state index contributed by atoms with van der Waals surface area (Å²) >= 11 is 4.08. The maximum absolute atomic E-state index is 10.8. The molecule has 11 heavy (non-hydrogen) atoms. The van der Waals surface area contributed by atoms with Crippen LogP contribution in [0.15, 0.2) is 23.1 Å². The molecular weight excluding hydrogens is 158 g/mol. The molecule has 3 heteroatoms. The van der Waals surface area contributed by atoms with E-state index in [-0.39, 0.29) is 5.78 Å². The Balaban J connectivity index is 3.15. The quantitative estimate of drug-likeness (QED) is 0.380. The Kier molecular flexibility index (Phi) is 2.19. The number of ketones is 1. The molecule has 0 saturated carbocycles. The van der Waals surface area contributed by atoms with Crippen molar-refractivity contribution in [1.29, 1.82) is 0 Å². The summed E-state index contributed by atoms with van der Waals surface area (Å²) < 4.78 is 0. The number of Topliss-reactive ketones (excluding diaryl/α,β-unsaturated/α-hetero) is 1. The summed E-state index contributed by atoms with van der Waals surface area (Å²) in [6, 6.07) is 5.06. The molecule has 58 valence electrons. The van der Waals surface area contributed by atoms with Crippen LogP contribution in [-0.2, 0) is 0 Å². The molecule has 1 aromatic rings. The first kappa shape index (κ1) is 8.14. The van der Waals surface area contributed by atoms with E-state index >= 15 is 0 Å². The fourth-order valence-corrected chi connectivity index (χ4v) is 0.913. The van der Waals surface area contributed by atoms with Crippen LogP contribution in [0.1, 0.15) is 17.3 Å². The third-order valence-electron chi connectivity index (χ3n) is 1.43. The molecular formula is C8H9NOS. The van der Waals surface area contributed by atoms with Crippen LogP contribution in [0, 0.1) is 0 Å². The van der Waals surface area contributed by atoms with Crippen molar-refractivity contribution in [3.05, 3.63) is 23.8 Å². The summed E-state index contributed by atoms with van der Waals surface area (Å²) in [5, 5.41) is 0. The molecule has 0 aliphatic carbocycles.